The van der Waals surface area contributed by atoms with Crippen molar-refractivity contribution >= 4 is 44.9 Å². The molecule has 1 heterocycles. The molecule has 7 nitrogen and oxygen atoms in total. The number of ether oxygens (including phenoxy) is 2. The summed E-state index contributed by atoms with van der Waals surface area (Å²) in [5.74, 6) is 0.373. The Morgan fingerprint density at radius 1 is 1.00 bits per heavy atom. The van der Waals surface area contributed by atoms with E-state index in [0.717, 1.165) is 0 Å². The topological polar surface area (TPSA) is 98.8 Å². The molecule has 10 heteroatoms. The molecule has 0 saturated carbocycles. The third kappa shape index (κ3) is 7.35. The minimum absolute atomic E-state index is 0.107. The van der Waals surface area contributed by atoms with E-state index in [2.05, 4.69) is 5.32 Å². The second-order valence-electron chi connectivity index (χ2n) is 9.11. The molecule has 1 fully saturated rings. The van der Waals surface area contributed by atoms with Crippen LogP contribution in [0.1, 0.15) is 55.6 Å². The van der Waals surface area contributed by atoms with Crippen LogP contribution in [0, 0.1) is 0 Å². The van der Waals surface area contributed by atoms with Crippen LogP contribution in [-0.4, -0.2) is 43.5 Å². The Morgan fingerprint density at radius 2 is 1.62 bits per heavy atom. The van der Waals surface area contributed by atoms with Gasteiger partial charge in [-0.1, -0.05) is 29.3 Å². The second-order valence-corrected chi connectivity index (χ2v) is 12.2. The van der Waals surface area contributed by atoms with Gasteiger partial charge in [-0.25, -0.2) is 13.2 Å². The van der Waals surface area contributed by atoms with Crippen LogP contribution in [-0.2, 0) is 14.6 Å². The molecule has 34 heavy (non-hydrogen) atoms. The number of hydrogen-bond donors (Lipinski definition) is 1. The Balaban J connectivity index is 1.78. The van der Waals surface area contributed by atoms with E-state index in [1.165, 1.54) is 6.07 Å². The lowest BCUT2D eigenvalue weighted by molar-refractivity contribution is 0.0490. The molecule has 2 aromatic rings. The minimum Gasteiger partial charge on any atom is -0.490 e. The highest BCUT2D eigenvalue weighted by Crippen LogP contribution is 2.28. The fraction of sp³-hybridized carbons (Fsp3) is 0.417. The lowest BCUT2D eigenvalue weighted by Crippen LogP contribution is -2.38. The van der Waals surface area contributed by atoms with E-state index in [4.69, 9.17) is 32.7 Å². The summed E-state index contributed by atoms with van der Waals surface area (Å²) in [6, 6.07) is 10.1. The van der Waals surface area contributed by atoms with Gasteiger partial charge in [-0.15, -0.1) is 0 Å². The minimum atomic E-state index is -2.98. The van der Waals surface area contributed by atoms with Crippen LogP contribution in [0.15, 0.2) is 42.5 Å². The molecule has 1 amide bonds. The average Bonchev–Trinajstić information content (AvgIpc) is 2.74. The van der Waals surface area contributed by atoms with Gasteiger partial charge in [-0.05, 0) is 75.6 Å². The van der Waals surface area contributed by atoms with Gasteiger partial charge in [0.15, 0.2) is 15.6 Å². The molecule has 1 saturated heterocycles. The van der Waals surface area contributed by atoms with Crippen LogP contribution < -0.4 is 10.1 Å². The zero-order valence-corrected chi connectivity index (χ0v) is 21.5. The number of benzene rings is 2. The van der Waals surface area contributed by atoms with Gasteiger partial charge < -0.3 is 14.8 Å². The maximum atomic E-state index is 13.4. The van der Waals surface area contributed by atoms with Crippen LogP contribution in [0.5, 0.6) is 5.75 Å². The smallest absolute Gasteiger partial charge is 0.408 e. The van der Waals surface area contributed by atoms with E-state index in [1.54, 1.807) is 57.2 Å². The summed E-state index contributed by atoms with van der Waals surface area (Å²) in [5.41, 5.74) is 0.0481. The monoisotopic (exact) mass is 527 g/mol. The first kappa shape index (κ1) is 26.3. The first-order valence-corrected chi connectivity index (χ1v) is 13.4. The summed E-state index contributed by atoms with van der Waals surface area (Å²) in [5, 5.41) is 3.20. The molecular weight excluding hydrogens is 501 g/mol. The summed E-state index contributed by atoms with van der Waals surface area (Å²) >= 11 is 12.2. The van der Waals surface area contributed by atoms with Gasteiger partial charge >= 0.3 is 6.09 Å². The summed E-state index contributed by atoms with van der Waals surface area (Å²) in [4.78, 5) is 25.8. The number of carbonyl (C=O) groups is 2. The molecule has 1 aliphatic heterocycles. The molecule has 0 aromatic heterocycles. The largest absolute Gasteiger partial charge is 0.490 e. The van der Waals surface area contributed by atoms with Gasteiger partial charge in [0.25, 0.3) is 0 Å². The number of alkyl carbamates (subject to hydrolysis) is 1. The molecule has 1 atom stereocenters. The standard InChI is InChI=1S/C24H27Cl2NO6S/c1-24(2,3)33-23(29)27-21(16-6-9-19(25)20(26)14-16)22(28)15-4-7-17(8-5-15)32-18-10-12-34(30,31)13-11-18/h4-9,14,18,21H,10-13H2,1-3H3,(H,27,29). The Hall–Kier alpha value is -2.29. The van der Waals surface area contributed by atoms with Crippen molar-refractivity contribution in [1.29, 1.82) is 0 Å². The molecule has 3 rings (SSSR count). The van der Waals surface area contributed by atoms with E-state index >= 15 is 0 Å². The van der Waals surface area contributed by atoms with E-state index < -0.39 is 27.6 Å². The van der Waals surface area contributed by atoms with Gasteiger partial charge in [-0.2, -0.15) is 0 Å². The molecule has 0 spiro atoms. The number of sulfone groups is 1. The molecular formula is C24H27Cl2NO6S. The molecule has 0 radical (unpaired) electrons. The number of Topliss-reactive ketones (excluding diaryl/α,β-unsaturated/α-hetero) is 1. The van der Waals surface area contributed by atoms with Crippen LogP contribution in [0.3, 0.4) is 0 Å². The summed E-state index contributed by atoms with van der Waals surface area (Å²) in [6.07, 6.45) is -0.0724. The van der Waals surface area contributed by atoms with Crippen molar-refractivity contribution in [2.45, 2.75) is 51.4 Å². The third-order valence-corrected chi connectivity index (χ3v) is 7.60. The van der Waals surface area contributed by atoms with E-state index in [0.29, 0.717) is 34.7 Å². The lowest BCUT2D eigenvalue weighted by Gasteiger charge is -2.24. The third-order valence-electron chi connectivity index (χ3n) is 5.14. The van der Waals surface area contributed by atoms with Gasteiger partial charge in [0, 0.05) is 5.56 Å². The fourth-order valence-corrected chi connectivity index (χ4v) is 5.22. The van der Waals surface area contributed by atoms with Crippen molar-refractivity contribution in [2.24, 2.45) is 0 Å². The highest BCUT2D eigenvalue weighted by molar-refractivity contribution is 7.91. The molecule has 0 aliphatic carbocycles. The summed E-state index contributed by atoms with van der Waals surface area (Å²) in [7, 11) is -2.98. The van der Waals surface area contributed by atoms with Crippen LogP contribution in [0.4, 0.5) is 4.79 Å². The molecule has 184 valence electrons. The highest BCUT2D eigenvalue weighted by Gasteiger charge is 2.28. The number of rotatable bonds is 6. The molecule has 1 aliphatic rings. The zero-order valence-electron chi connectivity index (χ0n) is 19.1. The maximum Gasteiger partial charge on any atom is 0.408 e. The van der Waals surface area contributed by atoms with Crippen molar-refractivity contribution in [3.63, 3.8) is 0 Å². The molecule has 0 bridgehead atoms. The lowest BCUT2D eigenvalue weighted by atomic mass is 9.97. The number of halogens is 2. The second kappa shape index (κ2) is 10.5. The number of nitrogens with one attached hydrogen (secondary N) is 1. The Morgan fingerprint density at radius 3 is 2.18 bits per heavy atom. The number of carbonyl (C=O) groups excluding carboxylic acids is 2. The van der Waals surface area contributed by atoms with Crippen molar-refractivity contribution in [1.82, 2.24) is 5.32 Å². The van der Waals surface area contributed by atoms with Crippen molar-refractivity contribution in [2.75, 3.05) is 11.5 Å². The first-order valence-electron chi connectivity index (χ1n) is 10.8. The predicted octanol–water partition coefficient (Wildman–Crippen LogP) is 5.40. The summed E-state index contributed by atoms with van der Waals surface area (Å²) < 4.78 is 34.4. The fourth-order valence-electron chi connectivity index (χ4n) is 3.46. The number of amides is 1. The van der Waals surface area contributed by atoms with Gasteiger partial charge in [0.2, 0.25) is 0 Å². The Bertz CT molecular complexity index is 1140. The Labute approximate surface area is 209 Å². The number of hydrogen-bond acceptors (Lipinski definition) is 6. The van der Waals surface area contributed by atoms with Gasteiger partial charge in [0.1, 0.15) is 23.5 Å². The van der Waals surface area contributed by atoms with E-state index in [1.807, 2.05) is 0 Å². The molecule has 1 unspecified atom stereocenters. The number of ketones is 1. The van der Waals surface area contributed by atoms with Crippen LogP contribution >= 0.6 is 23.2 Å². The van der Waals surface area contributed by atoms with Crippen molar-refractivity contribution in [3.05, 3.63) is 63.6 Å². The quantitative estimate of drug-likeness (QED) is 0.505. The molecule has 1 N–H and O–H groups in total. The van der Waals surface area contributed by atoms with Crippen molar-refractivity contribution in [3.8, 4) is 5.75 Å². The van der Waals surface area contributed by atoms with Crippen LogP contribution in [0.2, 0.25) is 10.0 Å². The highest BCUT2D eigenvalue weighted by atomic mass is 35.5. The van der Waals surface area contributed by atoms with Gasteiger partial charge in [-0.3, -0.25) is 4.79 Å². The SMILES string of the molecule is CC(C)(C)OC(=O)NC(C(=O)c1ccc(OC2CCS(=O)(=O)CC2)cc1)c1ccc(Cl)c(Cl)c1. The molecule has 2 aromatic carbocycles. The van der Waals surface area contributed by atoms with E-state index in [-0.39, 0.29) is 28.4 Å². The summed E-state index contributed by atoms with van der Waals surface area (Å²) in [6.45, 7) is 5.18. The van der Waals surface area contributed by atoms with E-state index in [9.17, 15) is 18.0 Å². The predicted molar refractivity (Wildman–Crippen MR) is 132 cm³/mol. The van der Waals surface area contributed by atoms with Crippen molar-refractivity contribution < 1.29 is 27.5 Å². The maximum absolute atomic E-state index is 13.4. The van der Waals surface area contributed by atoms with Gasteiger partial charge in [0.05, 0.1) is 21.6 Å². The Kier molecular flexibility index (Phi) is 8.16. The average molecular weight is 528 g/mol. The normalized spacial score (nSPS) is 17.0. The van der Waals surface area contributed by atoms with Crippen LogP contribution in [0.25, 0.3) is 0 Å². The first-order chi connectivity index (χ1) is 15.8. The zero-order chi connectivity index (χ0) is 25.1.